The molecule has 1 aliphatic rings. The minimum absolute atomic E-state index is 0.327. The molecule has 1 aromatic rings. The Morgan fingerprint density at radius 3 is 2.41 bits per heavy atom. The third-order valence-corrected chi connectivity index (χ3v) is 8.24. The highest BCUT2D eigenvalue weighted by Gasteiger charge is 2.30. The third kappa shape index (κ3) is 2.93. The number of halogens is 2. The van der Waals surface area contributed by atoms with E-state index in [1.165, 1.54) is 15.6 Å². The summed E-state index contributed by atoms with van der Waals surface area (Å²) in [7, 11) is -3.41. The minimum atomic E-state index is -3.41. The summed E-state index contributed by atoms with van der Waals surface area (Å²) in [4.78, 5) is 0. The summed E-state index contributed by atoms with van der Waals surface area (Å²) in [6.07, 6.45) is 0.642. The van der Waals surface area contributed by atoms with Gasteiger partial charge in [0.2, 0.25) is 0 Å². The Morgan fingerprint density at radius 2 is 1.94 bits per heavy atom. The maximum atomic E-state index is 12.3. The van der Waals surface area contributed by atoms with Gasteiger partial charge in [-0.05, 0) is 50.8 Å². The van der Waals surface area contributed by atoms with Gasteiger partial charge in [0.1, 0.15) is 4.21 Å². The van der Waals surface area contributed by atoms with Gasteiger partial charge in [-0.3, -0.25) is 0 Å². The maximum absolute atomic E-state index is 12.3. The van der Waals surface area contributed by atoms with Crippen LogP contribution in [-0.4, -0.2) is 37.0 Å². The predicted molar refractivity (Wildman–Crippen MR) is 73.7 cm³/mol. The van der Waals surface area contributed by atoms with Crippen LogP contribution in [0.3, 0.4) is 0 Å². The molecule has 0 amide bonds. The van der Waals surface area contributed by atoms with Crippen molar-refractivity contribution in [1.82, 2.24) is 4.31 Å². The predicted octanol–water partition coefficient (Wildman–Crippen LogP) is 2.42. The Kier molecular flexibility index (Phi) is 4.32. The number of thiophene rings is 1. The van der Waals surface area contributed by atoms with Crippen molar-refractivity contribution in [3.8, 4) is 0 Å². The molecular weight excluding hydrogens is 394 g/mol. The standard InChI is InChI=1S/C9H11Br2NO3S2/c10-7-5-8(16-9(7)11)17(14,15)12-3-1-6(13)2-4-12/h5-6,13H,1-4H2. The normalized spacial score (nSPS) is 19.7. The molecule has 1 aliphatic heterocycles. The van der Waals surface area contributed by atoms with E-state index >= 15 is 0 Å². The average Bonchev–Trinajstić information content (AvgIpc) is 2.60. The molecule has 1 fully saturated rings. The molecule has 4 nitrogen and oxygen atoms in total. The second kappa shape index (κ2) is 5.26. The number of aliphatic hydroxyl groups is 1. The number of hydrogen-bond acceptors (Lipinski definition) is 4. The summed E-state index contributed by atoms with van der Waals surface area (Å²) in [5.74, 6) is 0. The molecule has 1 N–H and O–H groups in total. The Balaban J connectivity index is 2.24. The van der Waals surface area contributed by atoms with Crippen molar-refractivity contribution in [2.75, 3.05) is 13.1 Å². The summed E-state index contributed by atoms with van der Waals surface area (Å²) in [6, 6.07) is 1.61. The molecule has 1 aromatic heterocycles. The fourth-order valence-electron chi connectivity index (χ4n) is 1.66. The lowest BCUT2D eigenvalue weighted by Crippen LogP contribution is -2.39. The Hall–Kier alpha value is 0.530. The summed E-state index contributed by atoms with van der Waals surface area (Å²) >= 11 is 7.77. The molecule has 8 heteroatoms. The molecule has 0 atom stereocenters. The second-order valence-electron chi connectivity index (χ2n) is 3.82. The summed E-state index contributed by atoms with van der Waals surface area (Å²) in [5.41, 5.74) is 0. The SMILES string of the molecule is O=S(=O)(c1cc(Br)c(Br)s1)N1CCC(O)CC1. The molecule has 0 aliphatic carbocycles. The summed E-state index contributed by atoms with van der Waals surface area (Å²) in [6.45, 7) is 0.771. The van der Waals surface area contributed by atoms with Crippen LogP contribution in [0.4, 0.5) is 0 Å². The van der Waals surface area contributed by atoms with Crippen LogP contribution in [-0.2, 0) is 10.0 Å². The van der Waals surface area contributed by atoms with Crippen LogP contribution >= 0.6 is 43.2 Å². The topological polar surface area (TPSA) is 57.6 Å². The van der Waals surface area contributed by atoms with Crippen molar-refractivity contribution < 1.29 is 13.5 Å². The van der Waals surface area contributed by atoms with Crippen LogP contribution in [0.2, 0.25) is 0 Å². The van der Waals surface area contributed by atoms with E-state index in [4.69, 9.17) is 0 Å². The van der Waals surface area contributed by atoms with Gasteiger partial charge in [-0.15, -0.1) is 11.3 Å². The second-order valence-corrected chi connectivity index (χ2v) is 9.21. The first-order chi connectivity index (χ1) is 7.91. The smallest absolute Gasteiger partial charge is 0.252 e. The highest BCUT2D eigenvalue weighted by molar-refractivity contribution is 9.13. The van der Waals surface area contributed by atoms with Gasteiger partial charge >= 0.3 is 0 Å². The molecule has 0 aromatic carbocycles. The van der Waals surface area contributed by atoms with E-state index in [9.17, 15) is 13.5 Å². The summed E-state index contributed by atoms with van der Waals surface area (Å²) in [5, 5.41) is 9.38. The lowest BCUT2D eigenvalue weighted by molar-refractivity contribution is 0.113. The molecule has 2 heterocycles. The van der Waals surface area contributed by atoms with E-state index in [1.54, 1.807) is 6.07 Å². The number of rotatable bonds is 2. The number of piperidine rings is 1. The van der Waals surface area contributed by atoms with Crippen molar-refractivity contribution in [3.63, 3.8) is 0 Å². The molecule has 0 spiro atoms. The zero-order chi connectivity index (χ0) is 12.6. The van der Waals surface area contributed by atoms with Gasteiger partial charge in [0, 0.05) is 17.6 Å². The number of sulfonamides is 1. The Bertz CT molecular complexity index is 487. The van der Waals surface area contributed by atoms with Gasteiger partial charge in [-0.25, -0.2) is 8.42 Å². The zero-order valence-corrected chi connectivity index (χ0v) is 13.6. The summed E-state index contributed by atoms with van der Waals surface area (Å²) < 4.78 is 27.8. The van der Waals surface area contributed by atoms with E-state index in [0.717, 1.165) is 8.26 Å². The highest BCUT2D eigenvalue weighted by Crippen LogP contribution is 2.36. The first kappa shape index (κ1) is 14.0. The van der Waals surface area contributed by atoms with Gasteiger partial charge in [0.25, 0.3) is 10.0 Å². The first-order valence-electron chi connectivity index (χ1n) is 5.04. The third-order valence-electron chi connectivity index (χ3n) is 2.64. The monoisotopic (exact) mass is 403 g/mol. The molecule has 0 saturated carbocycles. The molecule has 1 saturated heterocycles. The van der Waals surface area contributed by atoms with E-state index in [-0.39, 0.29) is 6.10 Å². The van der Waals surface area contributed by atoms with E-state index in [0.29, 0.717) is 30.1 Å². The van der Waals surface area contributed by atoms with Crippen LogP contribution in [0.25, 0.3) is 0 Å². The molecule has 0 bridgehead atoms. The molecule has 0 radical (unpaired) electrons. The minimum Gasteiger partial charge on any atom is -0.393 e. The van der Waals surface area contributed by atoms with Crippen LogP contribution in [0, 0.1) is 0 Å². The molecule has 17 heavy (non-hydrogen) atoms. The highest BCUT2D eigenvalue weighted by atomic mass is 79.9. The number of nitrogens with zero attached hydrogens (tertiary/aromatic N) is 1. The number of aliphatic hydroxyl groups excluding tert-OH is 1. The fourth-order valence-corrected chi connectivity index (χ4v) is 6.11. The molecule has 2 rings (SSSR count). The molecule has 0 unspecified atom stereocenters. The van der Waals surface area contributed by atoms with Gasteiger partial charge in [0.15, 0.2) is 0 Å². The lowest BCUT2D eigenvalue weighted by Gasteiger charge is -2.28. The van der Waals surface area contributed by atoms with Crippen molar-refractivity contribution >= 4 is 53.2 Å². The van der Waals surface area contributed by atoms with E-state index in [1.807, 2.05) is 0 Å². The lowest BCUT2D eigenvalue weighted by atomic mass is 10.1. The van der Waals surface area contributed by atoms with Gasteiger partial charge in [-0.1, -0.05) is 0 Å². The van der Waals surface area contributed by atoms with Gasteiger partial charge in [-0.2, -0.15) is 4.31 Å². The van der Waals surface area contributed by atoms with Crippen LogP contribution < -0.4 is 0 Å². The van der Waals surface area contributed by atoms with Crippen molar-refractivity contribution in [3.05, 3.63) is 14.3 Å². The van der Waals surface area contributed by atoms with Crippen LogP contribution in [0.5, 0.6) is 0 Å². The van der Waals surface area contributed by atoms with Gasteiger partial charge < -0.3 is 5.11 Å². The molecular formula is C9H11Br2NO3S2. The van der Waals surface area contributed by atoms with Crippen molar-refractivity contribution in [1.29, 1.82) is 0 Å². The molecule has 96 valence electrons. The fraction of sp³-hybridized carbons (Fsp3) is 0.556. The first-order valence-corrected chi connectivity index (χ1v) is 8.88. The van der Waals surface area contributed by atoms with Crippen LogP contribution in [0.1, 0.15) is 12.8 Å². The van der Waals surface area contributed by atoms with Crippen molar-refractivity contribution in [2.45, 2.75) is 23.2 Å². The van der Waals surface area contributed by atoms with Crippen molar-refractivity contribution in [2.24, 2.45) is 0 Å². The van der Waals surface area contributed by atoms with E-state index in [2.05, 4.69) is 31.9 Å². The van der Waals surface area contributed by atoms with Gasteiger partial charge in [0.05, 0.1) is 9.89 Å². The largest absolute Gasteiger partial charge is 0.393 e. The van der Waals surface area contributed by atoms with E-state index < -0.39 is 10.0 Å². The number of hydrogen-bond donors (Lipinski definition) is 1. The Morgan fingerprint density at radius 1 is 1.35 bits per heavy atom. The maximum Gasteiger partial charge on any atom is 0.252 e. The van der Waals surface area contributed by atoms with Crippen LogP contribution in [0.15, 0.2) is 18.5 Å². The average molecular weight is 405 g/mol. The zero-order valence-electron chi connectivity index (χ0n) is 8.77. The quantitative estimate of drug-likeness (QED) is 0.823. The Labute approximate surface area is 121 Å².